The van der Waals surface area contributed by atoms with E-state index in [-0.39, 0.29) is 5.75 Å². The Morgan fingerprint density at radius 1 is 1.50 bits per heavy atom. The molecule has 0 spiro atoms. The average molecular weight is 188 g/mol. The van der Waals surface area contributed by atoms with E-state index in [0.29, 0.717) is 23.6 Å². The first-order valence-corrected chi connectivity index (χ1v) is 3.91. The molecule has 0 aliphatic heterocycles. The number of nitrogens with two attached hydrogens (primary N) is 1. The normalized spacial score (nSPS) is 10.2. The van der Waals surface area contributed by atoms with Crippen LogP contribution in [0.15, 0.2) is 18.2 Å². The summed E-state index contributed by atoms with van der Waals surface area (Å²) in [4.78, 5) is 4.39. The fourth-order valence-electron chi connectivity index (χ4n) is 0.956. The van der Waals surface area contributed by atoms with E-state index in [1.807, 2.05) is 0 Å². The molecule has 12 heavy (non-hydrogen) atoms. The third kappa shape index (κ3) is 2.11. The number of phenols is 1. The summed E-state index contributed by atoms with van der Waals surface area (Å²) < 4.78 is 0. The van der Waals surface area contributed by atoms with Crippen LogP contribution in [0.2, 0.25) is 5.02 Å². The number of hydrogen-bond acceptors (Lipinski definition) is 3. The molecule has 1 rings (SSSR count). The summed E-state index contributed by atoms with van der Waals surface area (Å²) >= 11 is 5.81. The third-order valence-corrected chi connectivity index (χ3v) is 1.92. The molecule has 1 aromatic rings. The van der Waals surface area contributed by atoms with Crippen molar-refractivity contribution in [1.29, 1.82) is 0 Å². The molecule has 0 aromatic heterocycles. The molecule has 0 amide bonds. The van der Waals surface area contributed by atoms with Gasteiger partial charge in [-0.15, -0.1) is 0 Å². The van der Waals surface area contributed by atoms with Gasteiger partial charge in [0.15, 0.2) is 0 Å². The van der Waals surface area contributed by atoms with Gasteiger partial charge in [0.1, 0.15) is 5.75 Å². The third-order valence-electron chi connectivity index (χ3n) is 1.56. The van der Waals surface area contributed by atoms with Crippen molar-refractivity contribution in [3.8, 4) is 5.75 Å². The first-order chi connectivity index (χ1) is 5.75. The summed E-state index contributed by atoms with van der Waals surface area (Å²) in [6.07, 6.45) is 0.516. The predicted octanol–water partition coefficient (Wildman–Crippen LogP) is 1.48. The Morgan fingerprint density at radius 2 is 2.25 bits per heavy atom. The molecular formula is C8H10ClNO2. The van der Waals surface area contributed by atoms with Crippen LogP contribution in [0.3, 0.4) is 0 Å². The quantitative estimate of drug-likeness (QED) is 0.705. The Balaban J connectivity index is 2.81. The molecule has 3 N–H and O–H groups in total. The van der Waals surface area contributed by atoms with Crippen molar-refractivity contribution < 1.29 is 9.94 Å². The SMILES string of the molecule is NOCCc1c(O)cccc1Cl. The topological polar surface area (TPSA) is 55.5 Å². The van der Waals surface area contributed by atoms with Crippen molar-refractivity contribution in [1.82, 2.24) is 0 Å². The zero-order chi connectivity index (χ0) is 8.97. The van der Waals surface area contributed by atoms with E-state index in [1.54, 1.807) is 18.2 Å². The Labute approximate surface area is 75.7 Å². The lowest BCUT2D eigenvalue weighted by atomic mass is 10.1. The predicted molar refractivity (Wildman–Crippen MR) is 47.0 cm³/mol. The largest absolute Gasteiger partial charge is 0.508 e. The second-order valence-electron chi connectivity index (χ2n) is 2.36. The van der Waals surface area contributed by atoms with Gasteiger partial charge in [0.2, 0.25) is 0 Å². The molecule has 0 saturated carbocycles. The molecule has 0 aliphatic carbocycles. The molecule has 0 radical (unpaired) electrons. The van der Waals surface area contributed by atoms with Gasteiger partial charge in [-0.05, 0) is 12.1 Å². The number of aromatic hydroxyl groups is 1. The van der Waals surface area contributed by atoms with Crippen molar-refractivity contribution in [3.63, 3.8) is 0 Å². The van der Waals surface area contributed by atoms with E-state index in [4.69, 9.17) is 17.5 Å². The summed E-state index contributed by atoms with van der Waals surface area (Å²) in [5.41, 5.74) is 0.671. The zero-order valence-corrected chi connectivity index (χ0v) is 7.21. The summed E-state index contributed by atoms with van der Waals surface area (Å²) in [5, 5.41) is 9.87. The van der Waals surface area contributed by atoms with Crippen LogP contribution < -0.4 is 5.90 Å². The summed E-state index contributed by atoms with van der Waals surface area (Å²) in [7, 11) is 0. The van der Waals surface area contributed by atoms with Crippen LogP contribution in [-0.4, -0.2) is 11.7 Å². The highest BCUT2D eigenvalue weighted by Gasteiger charge is 2.04. The molecule has 1 aromatic carbocycles. The van der Waals surface area contributed by atoms with Crippen LogP contribution in [0.4, 0.5) is 0 Å². The molecule has 3 nitrogen and oxygen atoms in total. The van der Waals surface area contributed by atoms with Gasteiger partial charge in [0.25, 0.3) is 0 Å². The maximum Gasteiger partial charge on any atom is 0.120 e. The Morgan fingerprint density at radius 3 is 2.83 bits per heavy atom. The van der Waals surface area contributed by atoms with Crippen molar-refractivity contribution in [3.05, 3.63) is 28.8 Å². The van der Waals surface area contributed by atoms with Gasteiger partial charge in [-0.3, -0.25) is 0 Å². The molecule has 0 unspecified atom stereocenters. The Kier molecular flexibility index (Phi) is 3.34. The fraction of sp³-hybridized carbons (Fsp3) is 0.250. The molecule has 0 bridgehead atoms. The fourth-order valence-corrected chi connectivity index (χ4v) is 1.22. The van der Waals surface area contributed by atoms with Crippen molar-refractivity contribution in [2.75, 3.05) is 6.61 Å². The summed E-state index contributed by atoms with van der Waals surface area (Å²) in [6, 6.07) is 4.98. The highest BCUT2D eigenvalue weighted by Crippen LogP contribution is 2.25. The van der Waals surface area contributed by atoms with Crippen molar-refractivity contribution in [2.24, 2.45) is 5.90 Å². The second-order valence-corrected chi connectivity index (χ2v) is 2.77. The Bertz CT molecular complexity index is 245. The minimum atomic E-state index is 0.180. The van der Waals surface area contributed by atoms with Gasteiger partial charge in [-0.25, -0.2) is 5.90 Å². The van der Waals surface area contributed by atoms with Crippen molar-refractivity contribution in [2.45, 2.75) is 6.42 Å². The molecule has 66 valence electrons. The first kappa shape index (κ1) is 9.32. The van der Waals surface area contributed by atoms with Gasteiger partial charge >= 0.3 is 0 Å². The van der Waals surface area contributed by atoms with Crippen LogP contribution in [0, 0.1) is 0 Å². The van der Waals surface area contributed by atoms with Crippen LogP contribution in [0.1, 0.15) is 5.56 Å². The standard InChI is InChI=1S/C8H10ClNO2/c9-7-2-1-3-8(11)6(7)4-5-12-10/h1-3,11H,4-5,10H2. The lowest BCUT2D eigenvalue weighted by molar-refractivity contribution is 0.141. The van der Waals surface area contributed by atoms with Crippen LogP contribution in [0.25, 0.3) is 0 Å². The highest BCUT2D eigenvalue weighted by atomic mass is 35.5. The second kappa shape index (κ2) is 4.30. The summed E-state index contributed by atoms with van der Waals surface area (Å²) in [6.45, 7) is 0.345. The van der Waals surface area contributed by atoms with Gasteiger partial charge < -0.3 is 9.94 Å². The first-order valence-electron chi connectivity index (χ1n) is 3.53. The zero-order valence-electron chi connectivity index (χ0n) is 6.46. The molecule has 0 saturated heterocycles. The van der Waals surface area contributed by atoms with Crippen molar-refractivity contribution >= 4 is 11.6 Å². The van der Waals surface area contributed by atoms with Crippen LogP contribution in [0.5, 0.6) is 5.75 Å². The van der Waals surface area contributed by atoms with Gasteiger partial charge in [0.05, 0.1) is 6.61 Å². The Hall–Kier alpha value is -0.770. The van der Waals surface area contributed by atoms with E-state index < -0.39 is 0 Å². The average Bonchev–Trinajstić information content (AvgIpc) is 2.04. The number of benzene rings is 1. The maximum atomic E-state index is 9.34. The number of hydrogen-bond donors (Lipinski definition) is 2. The van der Waals surface area contributed by atoms with E-state index in [9.17, 15) is 5.11 Å². The minimum Gasteiger partial charge on any atom is -0.508 e. The lowest BCUT2D eigenvalue weighted by Crippen LogP contribution is -2.04. The lowest BCUT2D eigenvalue weighted by Gasteiger charge is -2.04. The highest BCUT2D eigenvalue weighted by molar-refractivity contribution is 6.31. The molecule has 0 atom stereocenters. The smallest absolute Gasteiger partial charge is 0.120 e. The van der Waals surface area contributed by atoms with E-state index in [1.165, 1.54) is 0 Å². The van der Waals surface area contributed by atoms with E-state index >= 15 is 0 Å². The molecule has 0 heterocycles. The van der Waals surface area contributed by atoms with Gasteiger partial charge in [-0.1, -0.05) is 17.7 Å². The van der Waals surface area contributed by atoms with E-state index in [0.717, 1.165) is 0 Å². The van der Waals surface area contributed by atoms with Gasteiger partial charge in [-0.2, -0.15) is 0 Å². The monoisotopic (exact) mass is 187 g/mol. The molecule has 0 fully saturated rings. The molecular weight excluding hydrogens is 178 g/mol. The maximum absolute atomic E-state index is 9.34. The number of rotatable bonds is 3. The molecule has 0 aliphatic rings. The number of halogens is 1. The number of phenolic OH excluding ortho intramolecular Hbond substituents is 1. The molecule has 4 heteroatoms. The van der Waals surface area contributed by atoms with Crippen LogP contribution >= 0.6 is 11.6 Å². The van der Waals surface area contributed by atoms with Gasteiger partial charge in [0, 0.05) is 17.0 Å². The van der Waals surface area contributed by atoms with E-state index in [2.05, 4.69) is 4.84 Å². The summed E-state index contributed by atoms with van der Waals surface area (Å²) in [5.74, 6) is 5.03. The minimum absolute atomic E-state index is 0.180. The van der Waals surface area contributed by atoms with Crippen LogP contribution in [-0.2, 0) is 11.3 Å².